The molecule has 0 atom stereocenters. The lowest BCUT2D eigenvalue weighted by Crippen LogP contribution is -2.10. The summed E-state index contributed by atoms with van der Waals surface area (Å²) in [7, 11) is 0. The van der Waals surface area contributed by atoms with Gasteiger partial charge in [-0.3, -0.25) is 10.2 Å². The molecule has 1 aromatic carbocycles. The topological polar surface area (TPSA) is 76.5 Å². The summed E-state index contributed by atoms with van der Waals surface area (Å²) in [5.41, 5.74) is 5.58. The Hall–Kier alpha value is -2.51. The third kappa shape index (κ3) is 4.17. The number of benzene rings is 1. The monoisotopic (exact) mass is 388 g/mol. The first-order valence-electron chi connectivity index (χ1n) is 8.01. The van der Waals surface area contributed by atoms with E-state index >= 15 is 0 Å². The molecule has 0 radical (unpaired) electrons. The number of ether oxygens (including phenoxy) is 1. The molecule has 0 aliphatic rings. The van der Waals surface area contributed by atoms with E-state index in [1.54, 1.807) is 13.8 Å². The molecule has 0 amide bonds. The van der Waals surface area contributed by atoms with E-state index in [1.165, 1.54) is 17.7 Å². The number of rotatable bonds is 6. The van der Waals surface area contributed by atoms with Gasteiger partial charge in [0.15, 0.2) is 5.82 Å². The number of fused-ring (bicyclic) bond motifs is 1. The fraction of sp³-hybridized carbons (Fsp3) is 0.222. The third-order valence-corrected chi connectivity index (χ3v) is 4.72. The Bertz CT molecular complexity index is 953. The molecule has 0 aliphatic heterocycles. The number of esters is 1. The van der Waals surface area contributed by atoms with Crippen molar-refractivity contribution in [2.75, 3.05) is 12.0 Å². The van der Waals surface area contributed by atoms with Crippen LogP contribution in [-0.4, -0.2) is 28.3 Å². The van der Waals surface area contributed by atoms with Gasteiger partial charge in [-0.25, -0.2) is 9.97 Å². The highest BCUT2D eigenvalue weighted by Gasteiger charge is 2.13. The van der Waals surface area contributed by atoms with Gasteiger partial charge in [0.25, 0.3) is 0 Å². The fourth-order valence-corrected chi connectivity index (χ4v) is 3.45. The molecule has 134 valence electrons. The zero-order valence-corrected chi connectivity index (χ0v) is 15.9. The van der Waals surface area contributed by atoms with Gasteiger partial charge in [0.1, 0.15) is 11.2 Å². The molecule has 2 heterocycles. The summed E-state index contributed by atoms with van der Waals surface area (Å²) in [6.07, 6.45) is 1.62. The second-order valence-electron chi connectivity index (χ2n) is 5.50. The summed E-state index contributed by atoms with van der Waals surface area (Å²) in [5.74, 6) is 0.283. The number of carbonyl (C=O) groups is 1. The summed E-state index contributed by atoms with van der Waals surface area (Å²) < 4.78 is 4.93. The molecule has 0 spiro atoms. The van der Waals surface area contributed by atoms with Gasteiger partial charge in [-0.05, 0) is 31.5 Å². The molecule has 0 fully saturated rings. The normalized spacial score (nSPS) is 11.6. The van der Waals surface area contributed by atoms with Crippen LogP contribution in [0.3, 0.4) is 0 Å². The lowest BCUT2D eigenvalue weighted by Gasteiger charge is -2.06. The molecule has 0 aliphatic carbocycles. The Labute approximate surface area is 159 Å². The van der Waals surface area contributed by atoms with Crippen molar-refractivity contribution in [2.24, 2.45) is 5.10 Å². The molecule has 3 rings (SSSR count). The molecule has 0 saturated heterocycles. The van der Waals surface area contributed by atoms with Gasteiger partial charge in [-0.15, -0.1) is 11.3 Å². The molecule has 3 aromatic rings. The average molecular weight is 389 g/mol. The number of carbonyl (C=O) groups excluding carboxylic acids is 1. The number of thiophene rings is 1. The van der Waals surface area contributed by atoms with E-state index < -0.39 is 0 Å². The molecule has 2 aromatic heterocycles. The Morgan fingerprint density at radius 3 is 2.81 bits per heavy atom. The summed E-state index contributed by atoms with van der Waals surface area (Å²) in [5, 5.41) is 7.85. The summed E-state index contributed by atoms with van der Waals surface area (Å²) in [6.45, 7) is 3.89. The van der Waals surface area contributed by atoms with Crippen molar-refractivity contribution in [3.05, 3.63) is 41.0 Å². The standard InChI is InChI=1S/C18H17ClN4O2S/c1-3-25-15(24)8-11(2)22-23-17-16-14(9-26-18(16)21-10-20-17)12-4-6-13(19)7-5-12/h4-7,9-10H,3,8H2,1-2H3,(H,20,21,23). The maximum atomic E-state index is 11.5. The van der Waals surface area contributed by atoms with E-state index in [-0.39, 0.29) is 12.4 Å². The number of hydrazone groups is 1. The highest BCUT2D eigenvalue weighted by molar-refractivity contribution is 7.17. The van der Waals surface area contributed by atoms with E-state index in [0.717, 1.165) is 21.3 Å². The molecule has 6 nitrogen and oxygen atoms in total. The van der Waals surface area contributed by atoms with Crippen molar-refractivity contribution in [2.45, 2.75) is 20.3 Å². The number of hydrogen-bond acceptors (Lipinski definition) is 7. The summed E-state index contributed by atoms with van der Waals surface area (Å²) in [4.78, 5) is 21.0. The van der Waals surface area contributed by atoms with Crippen LogP contribution >= 0.6 is 22.9 Å². The predicted octanol–water partition coefficient (Wildman–Crippen LogP) is 4.75. The van der Waals surface area contributed by atoms with Gasteiger partial charge >= 0.3 is 5.97 Å². The van der Waals surface area contributed by atoms with Crippen LogP contribution in [0, 0.1) is 0 Å². The molecular formula is C18H17ClN4O2S. The van der Waals surface area contributed by atoms with E-state index in [2.05, 4.69) is 20.5 Å². The maximum absolute atomic E-state index is 11.5. The largest absolute Gasteiger partial charge is 0.466 e. The highest BCUT2D eigenvalue weighted by Crippen LogP contribution is 2.36. The lowest BCUT2D eigenvalue weighted by molar-refractivity contribution is -0.141. The molecule has 26 heavy (non-hydrogen) atoms. The molecule has 1 N–H and O–H groups in total. The molecule has 0 bridgehead atoms. The van der Waals surface area contributed by atoms with E-state index in [1.807, 2.05) is 29.6 Å². The van der Waals surface area contributed by atoms with Crippen LogP contribution in [-0.2, 0) is 9.53 Å². The van der Waals surface area contributed by atoms with Crippen molar-refractivity contribution in [3.8, 4) is 11.1 Å². The predicted molar refractivity (Wildman–Crippen MR) is 106 cm³/mol. The Morgan fingerprint density at radius 1 is 1.31 bits per heavy atom. The molecule has 8 heteroatoms. The van der Waals surface area contributed by atoms with Crippen molar-refractivity contribution in [1.82, 2.24) is 9.97 Å². The minimum absolute atomic E-state index is 0.128. The number of aromatic nitrogens is 2. The first kappa shape index (κ1) is 18.3. The van der Waals surface area contributed by atoms with Gasteiger partial charge in [0.05, 0.1) is 18.4 Å². The van der Waals surface area contributed by atoms with E-state index in [4.69, 9.17) is 16.3 Å². The summed E-state index contributed by atoms with van der Waals surface area (Å²) in [6, 6.07) is 7.60. The number of anilines is 1. The van der Waals surface area contributed by atoms with Gasteiger partial charge < -0.3 is 4.74 Å². The Balaban J connectivity index is 1.90. The molecule has 0 saturated carbocycles. The zero-order chi connectivity index (χ0) is 18.5. The first-order valence-corrected chi connectivity index (χ1v) is 9.27. The van der Waals surface area contributed by atoms with Gasteiger partial charge in [-0.1, -0.05) is 23.7 Å². The highest BCUT2D eigenvalue weighted by atomic mass is 35.5. The van der Waals surface area contributed by atoms with E-state index in [9.17, 15) is 4.79 Å². The van der Waals surface area contributed by atoms with Crippen molar-refractivity contribution >= 4 is 50.7 Å². The van der Waals surface area contributed by atoms with Crippen LogP contribution in [0.15, 0.2) is 41.1 Å². The van der Waals surface area contributed by atoms with Gasteiger partial charge in [0, 0.05) is 21.7 Å². The molecular weight excluding hydrogens is 372 g/mol. The summed E-state index contributed by atoms with van der Waals surface area (Å²) >= 11 is 7.51. The number of hydrogen-bond donors (Lipinski definition) is 1. The van der Waals surface area contributed by atoms with Crippen LogP contribution in [0.2, 0.25) is 5.02 Å². The number of halogens is 1. The zero-order valence-electron chi connectivity index (χ0n) is 14.3. The van der Waals surface area contributed by atoms with Crippen LogP contribution in [0.1, 0.15) is 20.3 Å². The van der Waals surface area contributed by atoms with Crippen LogP contribution in [0.25, 0.3) is 21.3 Å². The molecule has 0 unspecified atom stereocenters. The van der Waals surface area contributed by atoms with Gasteiger partial charge in [-0.2, -0.15) is 5.10 Å². The lowest BCUT2D eigenvalue weighted by atomic mass is 10.1. The average Bonchev–Trinajstić information content (AvgIpc) is 3.05. The van der Waals surface area contributed by atoms with Crippen molar-refractivity contribution in [3.63, 3.8) is 0 Å². The minimum atomic E-state index is -0.305. The Kier molecular flexibility index (Phi) is 5.80. The van der Waals surface area contributed by atoms with Gasteiger partial charge in [0.2, 0.25) is 0 Å². The van der Waals surface area contributed by atoms with Crippen molar-refractivity contribution < 1.29 is 9.53 Å². The Morgan fingerprint density at radius 2 is 2.08 bits per heavy atom. The quantitative estimate of drug-likeness (QED) is 0.374. The van der Waals surface area contributed by atoms with Crippen LogP contribution in [0.4, 0.5) is 5.82 Å². The minimum Gasteiger partial charge on any atom is -0.466 e. The SMILES string of the molecule is CCOC(=O)CC(C)=NNc1ncnc2scc(-c3ccc(Cl)cc3)c12. The third-order valence-electron chi connectivity index (χ3n) is 3.58. The second-order valence-corrected chi connectivity index (χ2v) is 6.79. The second kappa shape index (κ2) is 8.25. The fourth-order valence-electron chi connectivity index (χ4n) is 2.41. The number of nitrogens with zero attached hydrogens (tertiary/aromatic N) is 3. The first-order chi connectivity index (χ1) is 12.6. The van der Waals surface area contributed by atoms with Crippen LogP contribution in [0.5, 0.6) is 0 Å². The van der Waals surface area contributed by atoms with Crippen LogP contribution < -0.4 is 5.43 Å². The maximum Gasteiger partial charge on any atom is 0.311 e. The van der Waals surface area contributed by atoms with E-state index in [0.29, 0.717) is 23.2 Å². The smallest absolute Gasteiger partial charge is 0.311 e. The number of nitrogens with one attached hydrogen (secondary N) is 1. The van der Waals surface area contributed by atoms with Crippen molar-refractivity contribution in [1.29, 1.82) is 0 Å².